The third kappa shape index (κ3) is 2.45. The molecule has 1 N–H and O–H groups in total. The van der Waals surface area contributed by atoms with Crippen LogP contribution >= 0.6 is 0 Å². The van der Waals surface area contributed by atoms with E-state index in [1.165, 1.54) is 36.4 Å². The number of fused-ring (bicyclic) bond motifs is 1. The van der Waals surface area contributed by atoms with E-state index in [1.54, 1.807) is 6.07 Å². The quantitative estimate of drug-likeness (QED) is 0.672. The molecular weight excluding hydrogens is 248 g/mol. The van der Waals surface area contributed by atoms with Gasteiger partial charge in [0.15, 0.2) is 0 Å². The van der Waals surface area contributed by atoms with E-state index < -0.39 is 5.97 Å². The molecule has 0 saturated heterocycles. The first-order valence-corrected chi connectivity index (χ1v) is 5.12. The molecule has 0 unspecified atom stereocenters. The topological polar surface area (TPSA) is 96.2 Å². The Labute approximate surface area is 106 Å². The van der Waals surface area contributed by atoms with Crippen molar-refractivity contribution in [3.8, 4) is 0 Å². The lowest BCUT2D eigenvalue weighted by Crippen LogP contribution is -1.95. The van der Waals surface area contributed by atoms with Gasteiger partial charge < -0.3 is 5.11 Å². The molecule has 0 aliphatic carbocycles. The summed E-state index contributed by atoms with van der Waals surface area (Å²) < 4.78 is 0. The van der Waals surface area contributed by atoms with Crippen LogP contribution in [0, 0.1) is 0 Å². The Morgan fingerprint density at radius 3 is 2.42 bits per heavy atom. The van der Waals surface area contributed by atoms with Gasteiger partial charge in [-0.25, -0.2) is 14.4 Å². The molecule has 2 aromatic rings. The highest BCUT2D eigenvalue weighted by atomic mass is 16.4. The molecule has 92 valence electrons. The molecule has 0 heterocycles. The molecule has 0 aliphatic rings. The van der Waals surface area contributed by atoms with Gasteiger partial charge in [0.1, 0.15) is 0 Å². The summed E-state index contributed by atoms with van der Waals surface area (Å²) in [6, 6.07) is 7.32. The van der Waals surface area contributed by atoms with Crippen LogP contribution in [0.5, 0.6) is 0 Å². The molecule has 0 amide bonds. The van der Waals surface area contributed by atoms with Crippen molar-refractivity contribution in [1.82, 2.24) is 0 Å². The summed E-state index contributed by atoms with van der Waals surface area (Å²) in [5.41, 5.74) is 0.520. The minimum Gasteiger partial charge on any atom is -0.478 e. The predicted molar refractivity (Wildman–Crippen MR) is 66.5 cm³/mol. The minimum absolute atomic E-state index is 0.0197. The molecule has 0 atom stereocenters. The fourth-order valence-electron chi connectivity index (χ4n) is 1.72. The number of isocyanates is 2. The summed E-state index contributed by atoms with van der Waals surface area (Å²) in [7, 11) is 0. The maximum atomic E-state index is 11.0. The molecule has 0 fully saturated rings. The fourth-order valence-corrected chi connectivity index (χ4v) is 1.72. The van der Waals surface area contributed by atoms with Crippen LogP contribution in [-0.2, 0) is 9.59 Å². The van der Waals surface area contributed by atoms with Crippen LogP contribution in [0.15, 0.2) is 40.3 Å². The molecule has 0 radical (unpaired) electrons. The van der Waals surface area contributed by atoms with E-state index in [0.717, 1.165) is 0 Å². The van der Waals surface area contributed by atoms with E-state index in [-0.39, 0.29) is 11.3 Å². The van der Waals surface area contributed by atoms with E-state index in [9.17, 15) is 14.4 Å². The molecule has 2 aromatic carbocycles. The van der Waals surface area contributed by atoms with E-state index in [1.807, 2.05) is 0 Å². The highest BCUT2D eigenvalue weighted by Crippen LogP contribution is 2.30. The highest BCUT2D eigenvalue weighted by Gasteiger charge is 2.09. The van der Waals surface area contributed by atoms with Crippen LogP contribution in [-0.4, -0.2) is 23.2 Å². The van der Waals surface area contributed by atoms with E-state index >= 15 is 0 Å². The van der Waals surface area contributed by atoms with Crippen molar-refractivity contribution in [2.24, 2.45) is 9.98 Å². The van der Waals surface area contributed by atoms with Crippen molar-refractivity contribution in [2.75, 3.05) is 0 Å². The molecule has 0 saturated carbocycles. The third-order valence-electron chi connectivity index (χ3n) is 2.50. The van der Waals surface area contributed by atoms with Gasteiger partial charge in [-0.2, -0.15) is 9.98 Å². The van der Waals surface area contributed by atoms with Crippen LogP contribution < -0.4 is 0 Å². The summed E-state index contributed by atoms with van der Waals surface area (Å²) in [6.45, 7) is 0. The number of carbonyl (C=O) groups is 1. The molecule has 6 nitrogen and oxygen atoms in total. The smallest absolute Gasteiger partial charge is 0.335 e. The zero-order valence-electron chi connectivity index (χ0n) is 9.45. The first-order valence-electron chi connectivity index (χ1n) is 5.12. The molecular formula is C13H6N2O4. The first kappa shape index (κ1) is 12.4. The average molecular weight is 254 g/mol. The van der Waals surface area contributed by atoms with Crippen LogP contribution in [0.1, 0.15) is 10.4 Å². The van der Waals surface area contributed by atoms with Gasteiger partial charge in [0.25, 0.3) is 0 Å². The molecule has 2 rings (SSSR count). The molecule has 0 bridgehead atoms. The second-order valence-corrected chi connectivity index (χ2v) is 3.61. The Kier molecular flexibility index (Phi) is 3.30. The number of rotatable bonds is 3. The summed E-state index contributed by atoms with van der Waals surface area (Å²) in [5.74, 6) is -1.14. The Morgan fingerprint density at radius 2 is 1.79 bits per heavy atom. The van der Waals surface area contributed by atoms with Crippen molar-refractivity contribution < 1.29 is 19.5 Å². The number of benzene rings is 2. The van der Waals surface area contributed by atoms with Gasteiger partial charge in [-0.3, -0.25) is 0 Å². The number of hydrogen-bond acceptors (Lipinski definition) is 5. The maximum Gasteiger partial charge on any atom is 0.335 e. The standard InChI is InChI=1S/C13H6N2O4/c16-6-14-10-1-2-11-8(4-10)3-9(13(18)19)5-12(11)15-7-17/h1-5H,(H,18,19). The molecule has 0 aromatic heterocycles. The Morgan fingerprint density at radius 1 is 1.05 bits per heavy atom. The maximum absolute atomic E-state index is 11.0. The number of aromatic carboxylic acids is 1. The minimum atomic E-state index is -1.14. The van der Waals surface area contributed by atoms with Gasteiger partial charge in [0, 0.05) is 5.39 Å². The van der Waals surface area contributed by atoms with Crippen LogP contribution in [0.2, 0.25) is 0 Å². The number of carboxylic acid groups (broad SMARTS) is 1. The number of nitrogens with zero attached hydrogens (tertiary/aromatic N) is 2. The largest absolute Gasteiger partial charge is 0.478 e. The molecule has 19 heavy (non-hydrogen) atoms. The number of aliphatic imine (C=N–C) groups is 2. The monoisotopic (exact) mass is 254 g/mol. The normalized spacial score (nSPS) is 9.47. The number of carbonyl (C=O) groups excluding carboxylic acids is 2. The lowest BCUT2D eigenvalue weighted by molar-refractivity contribution is 0.0697. The highest BCUT2D eigenvalue weighted by molar-refractivity contribution is 6.01. The van der Waals surface area contributed by atoms with Crippen molar-refractivity contribution in [2.45, 2.75) is 0 Å². The number of hydrogen-bond donors (Lipinski definition) is 1. The summed E-state index contributed by atoms with van der Waals surface area (Å²) in [6.07, 6.45) is 2.78. The van der Waals surface area contributed by atoms with Gasteiger partial charge in [0.2, 0.25) is 12.2 Å². The first-order chi connectivity index (χ1) is 9.15. The molecule has 6 heteroatoms. The van der Waals surface area contributed by atoms with E-state index in [2.05, 4.69) is 9.98 Å². The zero-order valence-corrected chi connectivity index (χ0v) is 9.45. The summed E-state index contributed by atoms with van der Waals surface area (Å²) in [4.78, 5) is 38.5. The lowest BCUT2D eigenvalue weighted by Gasteiger charge is -2.04. The summed E-state index contributed by atoms with van der Waals surface area (Å²) in [5, 5.41) is 10.1. The molecule has 0 aliphatic heterocycles. The van der Waals surface area contributed by atoms with Crippen molar-refractivity contribution in [3.05, 3.63) is 35.9 Å². The van der Waals surface area contributed by atoms with Crippen LogP contribution in [0.3, 0.4) is 0 Å². The van der Waals surface area contributed by atoms with Crippen molar-refractivity contribution >= 4 is 40.3 Å². The van der Waals surface area contributed by atoms with Crippen molar-refractivity contribution in [1.29, 1.82) is 0 Å². The second-order valence-electron chi connectivity index (χ2n) is 3.61. The zero-order chi connectivity index (χ0) is 13.8. The number of carboxylic acids is 1. The Bertz CT molecular complexity index is 764. The van der Waals surface area contributed by atoms with Gasteiger partial charge in [0.05, 0.1) is 16.9 Å². The summed E-state index contributed by atoms with van der Waals surface area (Å²) >= 11 is 0. The van der Waals surface area contributed by atoms with Crippen LogP contribution in [0.4, 0.5) is 11.4 Å². The van der Waals surface area contributed by atoms with Gasteiger partial charge >= 0.3 is 5.97 Å². The average Bonchev–Trinajstić information content (AvgIpc) is 2.38. The van der Waals surface area contributed by atoms with Crippen molar-refractivity contribution in [3.63, 3.8) is 0 Å². The fraction of sp³-hybridized carbons (Fsp3) is 0. The van der Waals surface area contributed by atoms with E-state index in [0.29, 0.717) is 16.5 Å². The van der Waals surface area contributed by atoms with Gasteiger partial charge in [-0.05, 0) is 29.7 Å². The van der Waals surface area contributed by atoms with Crippen LogP contribution in [0.25, 0.3) is 10.8 Å². The molecule has 0 spiro atoms. The Hall–Kier alpha value is -3.07. The predicted octanol–water partition coefficient (Wildman–Crippen LogP) is 2.47. The van der Waals surface area contributed by atoms with Gasteiger partial charge in [-0.15, -0.1) is 0 Å². The van der Waals surface area contributed by atoms with Gasteiger partial charge in [-0.1, -0.05) is 6.07 Å². The SMILES string of the molecule is O=C=Nc1ccc2c(N=C=O)cc(C(=O)O)cc2c1. The lowest BCUT2D eigenvalue weighted by atomic mass is 10.0. The second kappa shape index (κ2) is 5.06. The third-order valence-corrected chi connectivity index (χ3v) is 2.50. The van der Waals surface area contributed by atoms with E-state index in [4.69, 9.17) is 5.11 Å². The Balaban J connectivity index is 2.82.